The molecule has 0 spiro atoms. The lowest BCUT2D eigenvalue weighted by Crippen LogP contribution is -2.46. The molecule has 2 amide bonds. The standard InChI is InChI=1S/C25H26FN3O3S/c1-16-23(33-17(2)28-16)25(31)29(21-13-7-6-12-20(21)26)22(18-9-4-3-5-10-18)24(30)27-15-19-11-8-14-32-19/h3-7,9-10,12-13,19,22H,8,11,14-15H2,1-2H3,(H,27,30)/t19-,22-/m1/s1. The highest BCUT2D eigenvalue weighted by Gasteiger charge is 2.36. The van der Waals surface area contributed by atoms with Crippen molar-refractivity contribution < 1.29 is 18.7 Å². The third kappa shape index (κ3) is 5.12. The lowest BCUT2D eigenvalue weighted by atomic mass is 10.0. The molecule has 2 atom stereocenters. The van der Waals surface area contributed by atoms with Crippen molar-refractivity contribution in [2.45, 2.75) is 38.8 Å². The quantitative estimate of drug-likeness (QED) is 0.552. The number of hydrogen-bond acceptors (Lipinski definition) is 5. The molecule has 1 saturated heterocycles. The van der Waals surface area contributed by atoms with Gasteiger partial charge in [0.05, 0.1) is 22.5 Å². The largest absolute Gasteiger partial charge is 0.376 e. The maximum atomic E-state index is 15.0. The average Bonchev–Trinajstić information content (AvgIpc) is 3.45. The number of amides is 2. The van der Waals surface area contributed by atoms with Gasteiger partial charge < -0.3 is 10.1 Å². The van der Waals surface area contributed by atoms with Gasteiger partial charge in [-0.15, -0.1) is 11.3 Å². The zero-order valence-corrected chi connectivity index (χ0v) is 19.4. The van der Waals surface area contributed by atoms with E-state index < -0.39 is 23.7 Å². The number of aryl methyl sites for hydroxylation is 2. The van der Waals surface area contributed by atoms with Crippen LogP contribution in [0.3, 0.4) is 0 Å². The Morgan fingerprint density at radius 3 is 2.55 bits per heavy atom. The lowest BCUT2D eigenvalue weighted by molar-refractivity contribution is -0.123. The van der Waals surface area contributed by atoms with Crippen molar-refractivity contribution in [3.05, 3.63) is 81.6 Å². The van der Waals surface area contributed by atoms with E-state index in [1.807, 2.05) is 13.0 Å². The lowest BCUT2D eigenvalue weighted by Gasteiger charge is -2.31. The number of benzene rings is 2. The Balaban J connectivity index is 1.78. The Kier molecular flexibility index (Phi) is 7.15. The van der Waals surface area contributed by atoms with E-state index in [1.54, 1.807) is 43.3 Å². The molecule has 1 aliphatic rings. The van der Waals surface area contributed by atoms with E-state index >= 15 is 4.39 Å². The van der Waals surface area contributed by atoms with Crippen molar-refractivity contribution in [2.24, 2.45) is 0 Å². The summed E-state index contributed by atoms with van der Waals surface area (Å²) in [6.07, 6.45) is 1.76. The van der Waals surface area contributed by atoms with Crippen LogP contribution in [-0.2, 0) is 9.53 Å². The third-order valence-electron chi connectivity index (χ3n) is 5.58. The summed E-state index contributed by atoms with van der Waals surface area (Å²) in [6, 6.07) is 13.9. The minimum absolute atomic E-state index is 0.0362. The van der Waals surface area contributed by atoms with Gasteiger partial charge >= 0.3 is 0 Å². The van der Waals surface area contributed by atoms with Crippen molar-refractivity contribution >= 4 is 28.8 Å². The predicted octanol–water partition coefficient (Wildman–Crippen LogP) is 4.58. The molecule has 33 heavy (non-hydrogen) atoms. The van der Waals surface area contributed by atoms with Crippen LogP contribution in [0.4, 0.5) is 10.1 Å². The topological polar surface area (TPSA) is 71.5 Å². The van der Waals surface area contributed by atoms with E-state index in [-0.39, 0.29) is 11.8 Å². The van der Waals surface area contributed by atoms with Gasteiger partial charge in [-0.3, -0.25) is 14.5 Å². The number of carbonyl (C=O) groups excluding carboxylic acids is 2. The van der Waals surface area contributed by atoms with Gasteiger partial charge in [0.25, 0.3) is 5.91 Å². The average molecular weight is 468 g/mol. The molecular formula is C25H26FN3O3S. The number of nitrogens with one attached hydrogen (secondary N) is 1. The fraction of sp³-hybridized carbons (Fsp3) is 0.320. The summed E-state index contributed by atoms with van der Waals surface area (Å²) < 4.78 is 20.7. The summed E-state index contributed by atoms with van der Waals surface area (Å²) >= 11 is 1.23. The minimum atomic E-state index is -1.07. The molecule has 0 aliphatic carbocycles. The first-order valence-corrected chi connectivity index (χ1v) is 11.7. The monoisotopic (exact) mass is 467 g/mol. The second kappa shape index (κ2) is 10.2. The number of carbonyl (C=O) groups is 2. The molecule has 4 rings (SSSR count). The van der Waals surface area contributed by atoms with E-state index in [4.69, 9.17) is 4.74 Å². The highest BCUT2D eigenvalue weighted by atomic mass is 32.1. The van der Waals surface area contributed by atoms with Crippen molar-refractivity contribution in [2.75, 3.05) is 18.1 Å². The van der Waals surface area contributed by atoms with Crippen molar-refractivity contribution in [1.29, 1.82) is 0 Å². The summed E-state index contributed by atoms with van der Waals surface area (Å²) in [4.78, 5) is 33.4. The molecule has 1 fully saturated rings. The molecule has 0 unspecified atom stereocenters. The van der Waals surface area contributed by atoms with Crippen molar-refractivity contribution in [3.8, 4) is 0 Å². The van der Waals surface area contributed by atoms with Gasteiger partial charge in [0, 0.05) is 13.2 Å². The number of aromatic nitrogens is 1. The molecule has 0 radical (unpaired) electrons. The van der Waals surface area contributed by atoms with Crippen LogP contribution in [-0.4, -0.2) is 36.1 Å². The maximum absolute atomic E-state index is 15.0. The summed E-state index contributed by atoms with van der Waals surface area (Å²) in [5, 5.41) is 3.65. The van der Waals surface area contributed by atoms with Gasteiger partial charge in [-0.05, 0) is 44.4 Å². The molecule has 1 N–H and O–H groups in total. The molecule has 8 heteroatoms. The Morgan fingerprint density at radius 1 is 1.18 bits per heavy atom. The number of rotatable bonds is 7. The van der Waals surface area contributed by atoms with Crippen LogP contribution >= 0.6 is 11.3 Å². The van der Waals surface area contributed by atoms with Gasteiger partial charge in [0.2, 0.25) is 5.91 Å². The van der Waals surface area contributed by atoms with Crippen molar-refractivity contribution in [1.82, 2.24) is 10.3 Å². The zero-order valence-electron chi connectivity index (χ0n) is 18.6. The number of thiazole rings is 1. The summed E-state index contributed by atoms with van der Waals surface area (Å²) in [5.74, 6) is -1.45. The van der Waals surface area contributed by atoms with Crippen molar-refractivity contribution in [3.63, 3.8) is 0 Å². The van der Waals surface area contributed by atoms with E-state index in [9.17, 15) is 9.59 Å². The van der Waals surface area contributed by atoms with Crippen LogP contribution in [0.2, 0.25) is 0 Å². The fourth-order valence-electron chi connectivity index (χ4n) is 4.02. The Bertz CT molecular complexity index is 1130. The summed E-state index contributed by atoms with van der Waals surface area (Å²) in [7, 11) is 0. The molecule has 2 heterocycles. The Morgan fingerprint density at radius 2 is 1.91 bits per heavy atom. The number of anilines is 1. The molecular weight excluding hydrogens is 441 g/mol. The van der Waals surface area contributed by atoms with Crippen LogP contribution in [0.15, 0.2) is 54.6 Å². The highest BCUT2D eigenvalue weighted by molar-refractivity contribution is 7.13. The first-order valence-electron chi connectivity index (χ1n) is 10.9. The van der Waals surface area contributed by atoms with E-state index in [2.05, 4.69) is 10.3 Å². The van der Waals surface area contributed by atoms with E-state index in [0.717, 1.165) is 17.8 Å². The summed E-state index contributed by atoms with van der Waals surface area (Å²) in [5.41, 5.74) is 1.17. The molecule has 1 aliphatic heterocycles. The van der Waals surface area contributed by atoms with E-state index in [0.29, 0.717) is 29.3 Å². The first kappa shape index (κ1) is 23.1. The van der Waals surface area contributed by atoms with Crippen LogP contribution in [0, 0.1) is 19.7 Å². The van der Waals surface area contributed by atoms with Crippen LogP contribution in [0.1, 0.15) is 44.8 Å². The normalized spacial score (nSPS) is 16.4. The molecule has 0 bridgehead atoms. The molecule has 0 saturated carbocycles. The number of halogens is 1. The zero-order chi connectivity index (χ0) is 23.4. The van der Waals surface area contributed by atoms with Gasteiger partial charge in [-0.25, -0.2) is 9.37 Å². The SMILES string of the molecule is Cc1nc(C)c(C(=O)N(c2ccccc2F)[C@@H](C(=O)NC[C@H]2CCCO2)c2ccccc2)s1. The molecule has 6 nitrogen and oxygen atoms in total. The smallest absolute Gasteiger partial charge is 0.271 e. The minimum Gasteiger partial charge on any atom is -0.376 e. The molecule has 2 aromatic carbocycles. The molecule has 172 valence electrons. The highest BCUT2D eigenvalue weighted by Crippen LogP contribution is 2.33. The Hall–Kier alpha value is -3.10. The van der Waals surface area contributed by atoms with E-state index in [1.165, 1.54) is 28.4 Å². The third-order valence-corrected chi connectivity index (χ3v) is 6.64. The van der Waals surface area contributed by atoms with Gasteiger partial charge in [0.1, 0.15) is 16.7 Å². The van der Waals surface area contributed by atoms with Gasteiger partial charge in [-0.1, -0.05) is 42.5 Å². The van der Waals surface area contributed by atoms with Gasteiger partial charge in [-0.2, -0.15) is 0 Å². The number of nitrogens with zero attached hydrogens (tertiary/aromatic N) is 2. The Labute approximate surface area is 196 Å². The second-order valence-electron chi connectivity index (χ2n) is 7.97. The molecule has 3 aromatic rings. The number of para-hydroxylation sites is 1. The van der Waals surface area contributed by atoms with Crippen LogP contribution in [0.5, 0.6) is 0 Å². The fourth-order valence-corrected chi connectivity index (χ4v) is 4.88. The predicted molar refractivity (Wildman–Crippen MR) is 126 cm³/mol. The molecule has 1 aromatic heterocycles. The van der Waals surface area contributed by atoms with Crippen LogP contribution < -0.4 is 10.2 Å². The second-order valence-corrected chi connectivity index (χ2v) is 9.17. The number of ether oxygens (including phenoxy) is 1. The summed E-state index contributed by atoms with van der Waals surface area (Å²) in [6.45, 7) is 4.56. The first-order chi connectivity index (χ1) is 16.0. The maximum Gasteiger partial charge on any atom is 0.271 e. The number of hydrogen-bond donors (Lipinski definition) is 1. The van der Waals surface area contributed by atoms with Gasteiger partial charge in [0.15, 0.2) is 0 Å². The van der Waals surface area contributed by atoms with Crippen LogP contribution in [0.25, 0.3) is 0 Å².